The fourth-order valence-corrected chi connectivity index (χ4v) is 3.89. The highest BCUT2D eigenvalue weighted by atomic mass is 28.4. The van der Waals surface area contributed by atoms with E-state index in [0.29, 0.717) is 0 Å². The summed E-state index contributed by atoms with van der Waals surface area (Å²) in [6.45, 7) is 19.8. The molecule has 1 aromatic rings. The summed E-state index contributed by atoms with van der Waals surface area (Å²) in [5.74, 6) is -0.468. The lowest BCUT2D eigenvalue weighted by molar-refractivity contribution is -0.138. The lowest BCUT2D eigenvalue weighted by atomic mass is 10.0. The van der Waals surface area contributed by atoms with Crippen LogP contribution in [0.25, 0.3) is 0 Å². The first-order chi connectivity index (χ1) is 16.3. The molecule has 0 aromatic heterocycles. The van der Waals surface area contributed by atoms with Crippen LogP contribution in [0.2, 0.25) is 18.1 Å². The second-order valence-corrected chi connectivity index (χ2v) is 16.4. The summed E-state index contributed by atoms with van der Waals surface area (Å²) in [6, 6.07) is 6.48. The van der Waals surface area contributed by atoms with Crippen molar-refractivity contribution in [1.29, 1.82) is 0 Å². The number of esters is 1. The SMILES string of the molecule is COC(=O)/C(=C\C(C)C)NC(=O)[C@H](Cc1ccc(O[Si](C)(C)C(C)(C)C)cc1)NC(=O)OC(C)(C)C. The summed E-state index contributed by atoms with van der Waals surface area (Å²) >= 11 is 0. The number of benzene rings is 1. The van der Waals surface area contributed by atoms with Gasteiger partial charge in [-0.05, 0) is 62.5 Å². The molecule has 0 aliphatic carbocycles. The highest BCUT2D eigenvalue weighted by Crippen LogP contribution is 2.37. The molecule has 2 N–H and O–H groups in total. The van der Waals surface area contributed by atoms with Crippen molar-refractivity contribution in [2.45, 2.75) is 91.6 Å². The highest BCUT2D eigenvalue weighted by molar-refractivity contribution is 6.74. The Balaban J connectivity index is 3.15. The summed E-state index contributed by atoms with van der Waals surface area (Å²) in [6.07, 6.45) is 1.05. The number of carbonyl (C=O) groups excluding carboxylic acids is 3. The van der Waals surface area contributed by atoms with Crippen molar-refractivity contribution in [3.63, 3.8) is 0 Å². The molecule has 1 atom stereocenters. The van der Waals surface area contributed by atoms with E-state index in [2.05, 4.69) is 44.5 Å². The zero-order chi connectivity index (χ0) is 27.9. The number of ether oxygens (including phenoxy) is 2. The topological polar surface area (TPSA) is 103 Å². The minimum atomic E-state index is -1.99. The van der Waals surface area contributed by atoms with Crippen molar-refractivity contribution in [3.05, 3.63) is 41.6 Å². The highest BCUT2D eigenvalue weighted by Gasteiger charge is 2.39. The summed E-state index contributed by atoms with van der Waals surface area (Å²) in [4.78, 5) is 37.8. The number of allylic oxidation sites excluding steroid dienone is 1. The van der Waals surface area contributed by atoms with E-state index in [9.17, 15) is 14.4 Å². The minimum Gasteiger partial charge on any atom is -0.544 e. The van der Waals surface area contributed by atoms with Crippen LogP contribution < -0.4 is 15.1 Å². The fourth-order valence-electron chi connectivity index (χ4n) is 2.86. The second-order valence-electron chi connectivity index (χ2n) is 11.7. The van der Waals surface area contributed by atoms with Crippen LogP contribution in [0.5, 0.6) is 5.75 Å². The van der Waals surface area contributed by atoms with Gasteiger partial charge in [-0.15, -0.1) is 0 Å². The van der Waals surface area contributed by atoms with Gasteiger partial charge in [0.25, 0.3) is 0 Å². The Morgan fingerprint density at radius 3 is 2.00 bits per heavy atom. The van der Waals surface area contributed by atoms with Crippen molar-refractivity contribution in [2.24, 2.45) is 5.92 Å². The van der Waals surface area contributed by atoms with Gasteiger partial charge in [-0.1, -0.05) is 52.8 Å². The van der Waals surface area contributed by atoms with Crippen LogP contribution in [0.1, 0.15) is 61.0 Å². The van der Waals surface area contributed by atoms with Crippen molar-refractivity contribution in [3.8, 4) is 5.75 Å². The molecule has 0 fully saturated rings. The van der Waals surface area contributed by atoms with Gasteiger partial charge in [0.15, 0.2) is 0 Å². The smallest absolute Gasteiger partial charge is 0.408 e. The maximum absolute atomic E-state index is 13.2. The lowest BCUT2D eigenvalue weighted by Gasteiger charge is -2.36. The molecule has 0 saturated heterocycles. The Labute approximate surface area is 217 Å². The number of hydrogen-bond acceptors (Lipinski definition) is 6. The molecular weight excluding hydrogens is 476 g/mol. The average molecular weight is 521 g/mol. The first-order valence-corrected chi connectivity index (χ1v) is 15.1. The molecule has 0 heterocycles. The Kier molecular flexibility index (Phi) is 10.8. The van der Waals surface area contributed by atoms with Crippen LogP contribution in [0.15, 0.2) is 36.0 Å². The van der Waals surface area contributed by atoms with E-state index in [1.807, 2.05) is 38.1 Å². The number of methoxy groups -OCH3 is 1. The van der Waals surface area contributed by atoms with Crippen molar-refractivity contribution < 1.29 is 28.3 Å². The number of hydrogen-bond donors (Lipinski definition) is 2. The summed E-state index contributed by atoms with van der Waals surface area (Å²) in [5.41, 5.74) is 0.0932. The Bertz CT molecular complexity index is 940. The molecule has 202 valence electrons. The van der Waals surface area contributed by atoms with Crippen molar-refractivity contribution in [2.75, 3.05) is 7.11 Å². The molecule has 1 rings (SSSR count). The van der Waals surface area contributed by atoms with Gasteiger partial charge in [0.1, 0.15) is 23.1 Å². The van der Waals surface area contributed by atoms with Gasteiger partial charge in [-0.3, -0.25) is 4.79 Å². The molecule has 8 nitrogen and oxygen atoms in total. The maximum atomic E-state index is 13.2. The zero-order valence-corrected chi connectivity index (χ0v) is 24.7. The van der Waals surface area contributed by atoms with E-state index >= 15 is 0 Å². The van der Waals surface area contributed by atoms with Gasteiger partial charge in [-0.25, -0.2) is 9.59 Å². The van der Waals surface area contributed by atoms with E-state index in [-0.39, 0.29) is 23.1 Å². The zero-order valence-electron chi connectivity index (χ0n) is 23.7. The molecule has 9 heteroatoms. The number of nitrogens with one attached hydrogen (secondary N) is 2. The van der Waals surface area contributed by atoms with E-state index in [1.54, 1.807) is 26.8 Å². The van der Waals surface area contributed by atoms with Gasteiger partial charge in [0.2, 0.25) is 14.2 Å². The number of alkyl carbamates (subject to hydrolysis) is 1. The molecule has 0 aliphatic heterocycles. The molecule has 0 unspecified atom stereocenters. The third kappa shape index (κ3) is 10.4. The molecule has 36 heavy (non-hydrogen) atoms. The Morgan fingerprint density at radius 1 is 1.00 bits per heavy atom. The van der Waals surface area contributed by atoms with Crippen LogP contribution in [-0.2, 0) is 25.5 Å². The third-order valence-corrected chi connectivity index (χ3v) is 10.1. The quantitative estimate of drug-likeness (QED) is 0.259. The maximum Gasteiger partial charge on any atom is 0.408 e. The molecule has 0 radical (unpaired) electrons. The number of amides is 2. The minimum absolute atomic E-state index is 0.00916. The molecule has 0 bridgehead atoms. The van der Waals surface area contributed by atoms with Gasteiger partial charge in [0.05, 0.1) is 7.11 Å². The van der Waals surface area contributed by atoms with Gasteiger partial charge < -0.3 is 24.5 Å². The molecule has 1 aromatic carbocycles. The van der Waals surface area contributed by atoms with Crippen molar-refractivity contribution in [1.82, 2.24) is 10.6 Å². The molecule has 0 saturated carbocycles. The van der Waals surface area contributed by atoms with Gasteiger partial charge >= 0.3 is 12.1 Å². The van der Waals surface area contributed by atoms with Crippen LogP contribution in [0.4, 0.5) is 4.79 Å². The predicted octanol–water partition coefficient (Wildman–Crippen LogP) is 5.34. The Hall–Kier alpha value is -2.81. The summed E-state index contributed by atoms with van der Waals surface area (Å²) in [7, 11) is -0.749. The second kappa shape index (κ2) is 12.4. The van der Waals surface area contributed by atoms with E-state index < -0.39 is 37.9 Å². The number of rotatable bonds is 9. The van der Waals surface area contributed by atoms with E-state index in [4.69, 9.17) is 13.9 Å². The first kappa shape index (κ1) is 31.2. The molecule has 0 spiro atoms. The van der Waals surface area contributed by atoms with Crippen LogP contribution >= 0.6 is 0 Å². The standard InChI is InChI=1S/C27H44N2O6Si/c1-18(2)16-22(24(31)33-9)28-23(30)21(29-25(32)34-26(3,4)5)17-19-12-14-20(15-13-19)35-36(10,11)27(6,7)8/h12-16,18,21H,17H2,1-11H3,(H,28,30)(H,29,32)/b22-16+/t21-/m0/s1. The fraction of sp³-hybridized carbons (Fsp3) is 0.593. The lowest BCUT2D eigenvalue weighted by Crippen LogP contribution is -2.49. The first-order valence-electron chi connectivity index (χ1n) is 12.2. The average Bonchev–Trinajstić information content (AvgIpc) is 2.70. The summed E-state index contributed by atoms with van der Waals surface area (Å²) in [5, 5.41) is 5.30. The van der Waals surface area contributed by atoms with E-state index in [1.165, 1.54) is 7.11 Å². The predicted molar refractivity (Wildman–Crippen MR) is 144 cm³/mol. The van der Waals surface area contributed by atoms with Gasteiger partial charge in [0, 0.05) is 6.42 Å². The third-order valence-electron chi connectivity index (χ3n) is 5.71. The molecular formula is C27H44N2O6Si. The van der Waals surface area contributed by atoms with Crippen LogP contribution in [-0.4, -0.2) is 45.0 Å². The van der Waals surface area contributed by atoms with Crippen molar-refractivity contribution >= 4 is 26.3 Å². The van der Waals surface area contributed by atoms with Crippen LogP contribution in [0.3, 0.4) is 0 Å². The monoisotopic (exact) mass is 520 g/mol. The van der Waals surface area contributed by atoms with Crippen LogP contribution in [0, 0.1) is 5.92 Å². The summed E-state index contributed by atoms with van der Waals surface area (Å²) < 4.78 is 16.5. The molecule has 0 aliphatic rings. The number of carbonyl (C=O) groups is 3. The Morgan fingerprint density at radius 2 is 1.56 bits per heavy atom. The largest absolute Gasteiger partial charge is 0.544 e. The van der Waals surface area contributed by atoms with E-state index in [0.717, 1.165) is 11.3 Å². The molecule has 2 amide bonds. The van der Waals surface area contributed by atoms with Gasteiger partial charge in [-0.2, -0.15) is 0 Å². The normalized spacial score (nSPS) is 13.6.